The molecule has 0 bridgehead atoms. The molecule has 0 aliphatic carbocycles. The Balaban J connectivity index is 0.00000169. The summed E-state index contributed by atoms with van der Waals surface area (Å²) in [6.45, 7) is 4.12. The third-order valence-corrected chi connectivity index (χ3v) is 2.14. The molecule has 2 nitrogen and oxygen atoms in total. The summed E-state index contributed by atoms with van der Waals surface area (Å²) in [4.78, 5) is 0. The third-order valence-electron chi connectivity index (χ3n) is 2.14. The minimum atomic E-state index is 0. The van der Waals surface area contributed by atoms with Gasteiger partial charge in [-0.3, -0.25) is 0 Å². The summed E-state index contributed by atoms with van der Waals surface area (Å²) in [6, 6.07) is 10.2. The van der Waals surface area contributed by atoms with Gasteiger partial charge in [0.15, 0.2) is 0 Å². The number of hydrogen-bond acceptors (Lipinski definition) is 1. The van der Waals surface area contributed by atoms with Gasteiger partial charge in [0.1, 0.15) is 5.69 Å². The number of hydrogen-bond donors (Lipinski definition) is 1. The Kier molecular flexibility index (Phi) is 5.22. The van der Waals surface area contributed by atoms with Crippen LogP contribution in [0, 0.1) is 17.2 Å². The van der Waals surface area contributed by atoms with Crippen LogP contribution in [0.1, 0.15) is 25.3 Å². The van der Waals surface area contributed by atoms with Gasteiger partial charge in [0, 0.05) is 0 Å². The molecule has 0 heterocycles. The maximum Gasteiger partial charge on any atom is 0.127 e. The topological polar surface area (TPSA) is 51.4 Å². The van der Waals surface area contributed by atoms with Gasteiger partial charge in [0.2, 0.25) is 0 Å². The van der Waals surface area contributed by atoms with Gasteiger partial charge in [0.25, 0.3) is 0 Å². The minimum absolute atomic E-state index is 0. The van der Waals surface area contributed by atoms with E-state index in [4.69, 9.17) is 5.26 Å². The first-order valence-corrected chi connectivity index (χ1v) is 4.46. The molecule has 0 aliphatic rings. The molecule has 0 spiro atoms. The van der Waals surface area contributed by atoms with Gasteiger partial charge in [0.05, 0.1) is 12.0 Å². The number of nitrogens with zero attached hydrogens (tertiary/aromatic N) is 1. The molecule has 1 atom stereocenters. The first kappa shape index (κ1) is 13.0. The van der Waals surface area contributed by atoms with Crippen LogP contribution in [-0.4, -0.2) is 0 Å². The maximum absolute atomic E-state index is 8.95. The van der Waals surface area contributed by atoms with E-state index in [-0.39, 0.29) is 18.3 Å². The summed E-state index contributed by atoms with van der Waals surface area (Å²) in [5, 5.41) is 8.95. The largest absolute Gasteiger partial charge is 1.00 e. The summed E-state index contributed by atoms with van der Waals surface area (Å²) in [5.74, 6) is 0.362. The van der Waals surface area contributed by atoms with Crippen LogP contribution in [0.5, 0.6) is 0 Å². The van der Waals surface area contributed by atoms with Crippen LogP contribution in [0.2, 0.25) is 0 Å². The molecule has 14 heavy (non-hydrogen) atoms. The second-order valence-corrected chi connectivity index (χ2v) is 3.59. The zero-order valence-corrected chi connectivity index (χ0v) is 9.25. The lowest BCUT2D eigenvalue weighted by atomic mass is 9.90. The number of rotatable bonds is 2. The van der Waals surface area contributed by atoms with E-state index in [1.165, 1.54) is 0 Å². The van der Waals surface area contributed by atoms with Gasteiger partial charge in [-0.15, -0.1) is 0 Å². The average Bonchev–Trinajstić information content (AvgIpc) is 2.09. The van der Waals surface area contributed by atoms with E-state index in [0.717, 1.165) is 11.3 Å². The fraction of sp³-hybridized carbons (Fsp3) is 0.364. The monoisotopic (exact) mass is 210 g/mol. The highest BCUT2D eigenvalue weighted by Crippen LogP contribution is 2.23. The molecular weight excluding hydrogens is 196 g/mol. The smallest absolute Gasteiger partial charge is 0.127 e. The Morgan fingerprint density at radius 3 is 2.07 bits per heavy atom. The number of halogens is 1. The molecule has 3 heteroatoms. The first-order valence-electron chi connectivity index (χ1n) is 4.46. The average molecular weight is 211 g/mol. The predicted octanol–water partition coefficient (Wildman–Crippen LogP) is -1.17. The van der Waals surface area contributed by atoms with Crippen LogP contribution in [0.15, 0.2) is 24.3 Å². The number of benzene rings is 1. The number of quaternary nitrogens is 1. The molecule has 0 saturated carbocycles. The van der Waals surface area contributed by atoms with Crippen LogP contribution in [0.4, 0.5) is 5.69 Å². The lowest BCUT2D eigenvalue weighted by Crippen LogP contribution is -3.00. The van der Waals surface area contributed by atoms with Crippen molar-refractivity contribution in [2.45, 2.75) is 19.8 Å². The quantitative estimate of drug-likeness (QED) is 0.657. The normalized spacial score (nSPS) is 11.6. The van der Waals surface area contributed by atoms with Crippen LogP contribution in [0.3, 0.4) is 0 Å². The Bertz CT molecular complexity index is 311. The van der Waals surface area contributed by atoms with Gasteiger partial charge >= 0.3 is 0 Å². The lowest BCUT2D eigenvalue weighted by molar-refractivity contribution is -0.254. The summed E-state index contributed by atoms with van der Waals surface area (Å²) >= 11 is 0. The minimum Gasteiger partial charge on any atom is -1.00 e. The molecule has 0 saturated heterocycles. The molecule has 76 valence electrons. The second kappa shape index (κ2) is 5.64. The van der Waals surface area contributed by atoms with Crippen molar-refractivity contribution in [2.24, 2.45) is 5.92 Å². The molecular formula is C11H15ClN2. The summed E-state index contributed by atoms with van der Waals surface area (Å²) in [6.07, 6.45) is 0. The van der Waals surface area contributed by atoms with Crippen molar-refractivity contribution in [3.8, 4) is 6.07 Å². The third kappa shape index (κ3) is 3.02. The van der Waals surface area contributed by atoms with Crippen molar-refractivity contribution < 1.29 is 18.1 Å². The van der Waals surface area contributed by atoms with E-state index < -0.39 is 0 Å². The molecule has 0 aromatic heterocycles. The Hall–Kier alpha value is -1.04. The molecule has 0 fully saturated rings. The highest BCUT2D eigenvalue weighted by Gasteiger charge is 2.14. The Morgan fingerprint density at radius 1 is 1.21 bits per heavy atom. The van der Waals surface area contributed by atoms with Gasteiger partial charge in [-0.2, -0.15) is 5.26 Å². The summed E-state index contributed by atoms with van der Waals surface area (Å²) in [5.41, 5.74) is 5.89. The predicted molar refractivity (Wildman–Crippen MR) is 52.2 cm³/mol. The van der Waals surface area contributed by atoms with Crippen molar-refractivity contribution in [1.82, 2.24) is 0 Å². The fourth-order valence-corrected chi connectivity index (χ4v) is 1.33. The van der Waals surface area contributed by atoms with Crippen LogP contribution >= 0.6 is 0 Å². The van der Waals surface area contributed by atoms with Crippen LogP contribution in [-0.2, 0) is 0 Å². The molecule has 0 radical (unpaired) electrons. The highest BCUT2D eigenvalue weighted by atomic mass is 35.5. The van der Waals surface area contributed by atoms with Crippen LogP contribution < -0.4 is 18.1 Å². The van der Waals surface area contributed by atoms with E-state index in [2.05, 4.69) is 25.7 Å². The molecule has 1 aromatic rings. The van der Waals surface area contributed by atoms with Gasteiger partial charge in [-0.05, 0) is 23.6 Å². The number of nitriles is 1. The van der Waals surface area contributed by atoms with Crippen molar-refractivity contribution in [3.63, 3.8) is 0 Å². The molecule has 1 rings (SSSR count). The van der Waals surface area contributed by atoms with Gasteiger partial charge < -0.3 is 18.1 Å². The van der Waals surface area contributed by atoms with Crippen molar-refractivity contribution in [3.05, 3.63) is 29.8 Å². The lowest BCUT2D eigenvalue weighted by Gasteiger charge is -2.12. The highest BCUT2D eigenvalue weighted by molar-refractivity contribution is 5.35. The van der Waals surface area contributed by atoms with Crippen molar-refractivity contribution in [2.75, 3.05) is 0 Å². The van der Waals surface area contributed by atoms with Crippen LogP contribution in [0.25, 0.3) is 0 Å². The van der Waals surface area contributed by atoms with Gasteiger partial charge in [-0.25, -0.2) is 0 Å². The van der Waals surface area contributed by atoms with Gasteiger partial charge in [-0.1, -0.05) is 26.0 Å². The summed E-state index contributed by atoms with van der Waals surface area (Å²) < 4.78 is 0. The zero-order chi connectivity index (χ0) is 9.84. The van der Waals surface area contributed by atoms with E-state index in [1.807, 2.05) is 24.3 Å². The SMILES string of the molecule is CC(C)C(C#N)c1ccc([NH3+])cc1.[Cl-]. The fourth-order valence-electron chi connectivity index (χ4n) is 1.33. The Labute approximate surface area is 91.1 Å². The first-order chi connectivity index (χ1) is 6.15. The molecule has 1 aromatic carbocycles. The van der Waals surface area contributed by atoms with E-state index >= 15 is 0 Å². The van der Waals surface area contributed by atoms with E-state index in [9.17, 15) is 0 Å². The Morgan fingerprint density at radius 2 is 1.71 bits per heavy atom. The molecule has 0 aliphatic heterocycles. The second-order valence-electron chi connectivity index (χ2n) is 3.59. The van der Waals surface area contributed by atoms with Crippen molar-refractivity contribution in [1.29, 1.82) is 5.26 Å². The van der Waals surface area contributed by atoms with E-state index in [1.54, 1.807) is 0 Å². The zero-order valence-electron chi connectivity index (χ0n) is 8.50. The molecule has 1 unspecified atom stereocenters. The summed E-state index contributed by atoms with van der Waals surface area (Å²) in [7, 11) is 0. The van der Waals surface area contributed by atoms with Crippen molar-refractivity contribution >= 4 is 5.69 Å². The standard InChI is InChI=1S/C11H14N2.ClH/c1-8(2)11(7-12)9-3-5-10(13)6-4-9;/h3-6,8,11H,13H2,1-2H3;1H. The molecule has 0 amide bonds. The molecule has 3 N–H and O–H groups in total. The van der Waals surface area contributed by atoms with E-state index in [0.29, 0.717) is 5.92 Å². The maximum atomic E-state index is 8.95.